The van der Waals surface area contributed by atoms with Gasteiger partial charge in [0.25, 0.3) is 5.91 Å². The third kappa shape index (κ3) is 3.37. The molecule has 72 valence electrons. The number of halogens is 1. The largest absolute Gasteiger partial charge is 0.373 e. The van der Waals surface area contributed by atoms with E-state index in [1.54, 1.807) is 0 Å². The molecule has 1 amide bonds. The molecule has 1 fully saturated rings. The maximum atomic E-state index is 11.0. The number of nitrogens with one attached hydrogen (secondary N) is 1. The highest BCUT2D eigenvalue weighted by Crippen LogP contribution is 2.24. The summed E-state index contributed by atoms with van der Waals surface area (Å²) in [7, 11) is 0. The zero-order valence-electron chi connectivity index (χ0n) is 7.69. The van der Waals surface area contributed by atoms with E-state index in [2.05, 4.69) is 32.0 Å². The third-order valence-electron chi connectivity index (χ3n) is 1.91. The van der Waals surface area contributed by atoms with Crippen LogP contribution in [0.5, 0.6) is 0 Å². The zero-order chi connectivity index (χ0) is 9.90. The molecule has 1 aliphatic rings. The molecule has 1 atom stereocenters. The van der Waals surface area contributed by atoms with Crippen LogP contribution in [-0.4, -0.2) is 24.2 Å². The van der Waals surface area contributed by atoms with Crippen LogP contribution in [0.15, 0.2) is 0 Å². The molecule has 1 aliphatic heterocycles. The Labute approximate surface area is 86.3 Å². The van der Waals surface area contributed by atoms with Gasteiger partial charge in [-0.25, -0.2) is 0 Å². The molecule has 0 spiro atoms. The molecule has 13 heavy (non-hydrogen) atoms. The van der Waals surface area contributed by atoms with Crippen LogP contribution in [0, 0.1) is 10.8 Å². The zero-order valence-corrected chi connectivity index (χ0v) is 9.27. The van der Waals surface area contributed by atoms with E-state index in [-0.39, 0.29) is 17.6 Å². The highest BCUT2D eigenvalue weighted by molar-refractivity contribution is 9.12. The standard InChI is InChI=1S/C9H12BrNO2/c1-9(2)5-7(6-13-9)11-8(12)3-4-10/h7H,5-6H2,1-2H3,(H,11,12). The second-order valence-corrected chi connectivity index (χ2v) is 4.06. The highest BCUT2D eigenvalue weighted by Gasteiger charge is 2.32. The van der Waals surface area contributed by atoms with Crippen molar-refractivity contribution in [1.29, 1.82) is 0 Å². The summed E-state index contributed by atoms with van der Waals surface area (Å²) in [6.45, 7) is 4.59. The Morgan fingerprint density at radius 3 is 2.85 bits per heavy atom. The van der Waals surface area contributed by atoms with E-state index in [1.807, 2.05) is 13.8 Å². The topological polar surface area (TPSA) is 38.3 Å². The average molecular weight is 246 g/mol. The van der Waals surface area contributed by atoms with Crippen LogP contribution < -0.4 is 5.32 Å². The first-order valence-corrected chi connectivity index (χ1v) is 4.89. The number of ether oxygens (including phenoxy) is 1. The van der Waals surface area contributed by atoms with Gasteiger partial charge in [0, 0.05) is 21.9 Å². The number of amides is 1. The van der Waals surface area contributed by atoms with Gasteiger partial charge in [0.05, 0.1) is 18.2 Å². The summed E-state index contributed by atoms with van der Waals surface area (Å²) in [5.41, 5.74) is -0.125. The molecule has 1 N–H and O–H groups in total. The van der Waals surface area contributed by atoms with Crippen molar-refractivity contribution in [2.75, 3.05) is 6.61 Å². The Hall–Kier alpha value is -0.530. The van der Waals surface area contributed by atoms with Crippen LogP contribution in [0.1, 0.15) is 20.3 Å². The molecule has 3 nitrogen and oxygen atoms in total. The highest BCUT2D eigenvalue weighted by atomic mass is 79.9. The molecule has 0 aromatic carbocycles. The Kier molecular flexibility index (Phi) is 3.34. The van der Waals surface area contributed by atoms with Crippen molar-refractivity contribution in [3.05, 3.63) is 0 Å². The predicted molar refractivity (Wildman–Crippen MR) is 53.3 cm³/mol. The van der Waals surface area contributed by atoms with Crippen LogP contribution in [0.4, 0.5) is 0 Å². The molecule has 0 saturated carbocycles. The fraction of sp³-hybridized carbons (Fsp3) is 0.667. The van der Waals surface area contributed by atoms with Crippen molar-refractivity contribution in [3.8, 4) is 10.8 Å². The van der Waals surface area contributed by atoms with Crippen LogP contribution in [0.25, 0.3) is 0 Å². The molecular formula is C9H12BrNO2. The molecule has 1 heterocycles. The van der Waals surface area contributed by atoms with Crippen LogP contribution >= 0.6 is 15.9 Å². The molecule has 1 unspecified atom stereocenters. The van der Waals surface area contributed by atoms with Crippen molar-refractivity contribution in [3.63, 3.8) is 0 Å². The first-order chi connectivity index (χ1) is 6.03. The van der Waals surface area contributed by atoms with Crippen molar-refractivity contribution in [2.45, 2.75) is 31.9 Å². The van der Waals surface area contributed by atoms with Crippen LogP contribution in [-0.2, 0) is 9.53 Å². The minimum absolute atomic E-state index is 0.0934. The van der Waals surface area contributed by atoms with E-state index in [0.717, 1.165) is 6.42 Å². The van der Waals surface area contributed by atoms with E-state index < -0.39 is 0 Å². The van der Waals surface area contributed by atoms with Gasteiger partial charge in [0.15, 0.2) is 0 Å². The van der Waals surface area contributed by atoms with Gasteiger partial charge in [-0.15, -0.1) is 0 Å². The average Bonchev–Trinajstić information content (AvgIpc) is 2.30. The Bertz CT molecular complexity index is 265. The first-order valence-electron chi connectivity index (χ1n) is 4.09. The Morgan fingerprint density at radius 1 is 1.69 bits per heavy atom. The summed E-state index contributed by atoms with van der Waals surface area (Å²) >= 11 is 2.87. The number of carbonyl (C=O) groups excluding carboxylic acids is 1. The van der Waals surface area contributed by atoms with Crippen molar-refractivity contribution < 1.29 is 9.53 Å². The molecular weight excluding hydrogens is 234 g/mol. The molecule has 4 heteroatoms. The molecule has 0 bridgehead atoms. The third-order valence-corrected chi connectivity index (χ3v) is 2.11. The lowest BCUT2D eigenvalue weighted by Crippen LogP contribution is -2.34. The van der Waals surface area contributed by atoms with E-state index in [9.17, 15) is 4.79 Å². The number of hydrogen-bond acceptors (Lipinski definition) is 2. The van der Waals surface area contributed by atoms with Gasteiger partial charge in [-0.2, -0.15) is 0 Å². The van der Waals surface area contributed by atoms with Gasteiger partial charge in [0.2, 0.25) is 0 Å². The van der Waals surface area contributed by atoms with Crippen LogP contribution in [0.2, 0.25) is 0 Å². The van der Waals surface area contributed by atoms with Crippen molar-refractivity contribution in [1.82, 2.24) is 5.32 Å². The number of carbonyl (C=O) groups is 1. The normalized spacial score (nSPS) is 24.7. The van der Waals surface area contributed by atoms with Gasteiger partial charge in [-0.05, 0) is 25.1 Å². The molecule has 0 aliphatic carbocycles. The SMILES string of the molecule is CC1(C)CC(NC(=O)C#CBr)CO1. The summed E-state index contributed by atoms with van der Waals surface area (Å²) in [5.74, 6) is 2.10. The molecule has 0 radical (unpaired) electrons. The summed E-state index contributed by atoms with van der Waals surface area (Å²) in [6.07, 6.45) is 0.836. The minimum Gasteiger partial charge on any atom is -0.373 e. The Morgan fingerprint density at radius 2 is 2.38 bits per heavy atom. The van der Waals surface area contributed by atoms with Gasteiger partial charge in [-0.3, -0.25) is 4.79 Å². The summed E-state index contributed by atoms with van der Waals surface area (Å²) < 4.78 is 5.46. The van der Waals surface area contributed by atoms with E-state index in [4.69, 9.17) is 4.74 Å². The van der Waals surface area contributed by atoms with Gasteiger partial charge >= 0.3 is 0 Å². The first kappa shape index (κ1) is 10.6. The quantitative estimate of drug-likeness (QED) is 0.701. The lowest BCUT2D eigenvalue weighted by molar-refractivity contribution is -0.116. The molecule has 1 rings (SSSR count). The Balaban J connectivity index is 2.39. The molecule has 0 aromatic rings. The van der Waals surface area contributed by atoms with Crippen molar-refractivity contribution in [2.24, 2.45) is 0 Å². The maximum absolute atomic E-state index is 11.0. The van der Waals surface area contributed by atoms with E-state index in [1.165, 1.54) is 0 Å². The lowest BCUT2D eigenvalue weighted by atomic mass is 10.0. The second-order valence-electron chi connectivity index (χ2n) is 3.66. The van der Waals surface area contributed by atoms with Gasteiger partial charge < -0.3 is 10.1 Å². The number of rotatable bonds is 1. The second kappa shape index (κ2) is 4.12. The summed E-state index contributed by atoms with van der Waals surface area (Å²) in [5, 5.41) is 2.77. The smallest absolute Gasteiger partial charge is 0.297 e. The fourth-order valence-electron chi connectivity index (χ4n) is 1.39. The van der Waals surface area contributed by atoms with Crippen molar-refractivity contribution >= 4 is 21.8 Å². The van der Waals surface area contributed by atoms with E-state index in [0.29, 0.717) is 6.61 Å². The van der Waals surface area contributed by atoms with Crippen LogP contribution in [0.3, 0.4) is 0 Å². The van der Waals surface area contributed by atoms with E-state index >= 15 is 0 Å². The summed E-state index contributed by atoms with van der Waals surface area (Å²) in [4.78, 5) is 13.4. The number of hydrogen-bond donors (Lipinski definition) is 1. The van der Waals surface area contributed by atoms with Gasteiger partial charge in [-0.1, -0.05) is 0 Å². The molecule has 0 aromatic heterocycles. The fourth-order valence-corrected chi connectivity index (χ4v) is 1.57. The minimum atomic E-state index is -0.261. The monoisotopic (exact) mass is 245 g/mol. The maximum Gasteiger partial charge on any atom is 0.297 e. The molecule has 1 saturated heterocycles. The van der Waals surface area contributed by atoms with Gasteiger partial charge in [0.1, 0.15) is 0 Å². The predicted octanol–water partition coefficient (Wildman–Crippen LogP) is 1.03. The summed E-state index contributed by atoms with van der Waals surface area (Å²) in [6, 6.07) is 0.0934. The lowest BCUT2D eigenvalue weighted by Gasteiger charge is -2.15.